The van der Waals surface area contributed by atoms with Crippen LogP contribution >= 0.6 is 0 Å². The van der Waals surface area contributed by atoms with E-state index in [9.17, 15) is 4.79 Å². The molecule has 104 valence electrons. The zero-order valence-corrected chi connectivity index (χ0v) is 12.1. The summed E-state index contributed by atoms with van der Waals surface area (Å²) in [4.78, 5) is 14.9. The highest BCUT2D eigenvalue weighted by atomic mass is 16.2. The number of likely N-dealkylation sites (tertiary alicyclic amines) is 1. The molecular weight excluding hydrogens is 224 g/mol. The zero-order chi connectivity index (χ0) is 13.3. The summed E-state index contributed by atoms with van der Waals surface area (Å²) in [6.45, 7) is 7.55. The van der Waals surface area contributed by atoms with E-state index < -0.39 is 0 Å². The average Bonchev–Trinajstić information content (AvgIpc) is 2.32. The number of nitrogens with zero attached hydrogens (tertiary/aromatic N) is 1. The molecule has 2 aliphatic rings. The van der Waals surface area contributed by atoms with E-state index >= 15 is 0 Å². The molecule has 1 saturated carbocycles. The monoisotopic (exact) mass is 252 g/mol. The predicted molar refractivity (Wildman–Crippen MR) is 74.1 cm³/mol. The Balaban J connectivity index is 2.08. The molecule has 0 radical (unpaired) electrons. The molecule has 0 aromatic carbocycles. The highest BCUT2D eigenvalue weighted by molar-refractivity contribution is 5.80. The maximum absolute atomic E-state index is 12.8. The van der Waals surface area contributed by atoms with Crippen molar-refractivity contribution in [3.63, 3.8) is 0 Å². The van der Waals surface area contributed by atoms with Gasteiger partial charge in [-0.15, -0.1) is 0 Å². The molecule has 1 amide bonds. The Bertz CT molecular complexity index is 295. The molecule has 18 heavy (non-hydrogen) atoms. The highest BCUT2D eigenvalue weighted by Crippen LogP contribution is 2.32. The fourth-order valence-corrected chi connectivity index (χ4v) is 3.67. The molecule has 0 spiro atoms. The normalized spacial score (nSPS) is 41.8. The molecule has 0 bridgehead atoms. The minimum atomic E-state index is 0.0616. The summed E-state index contributed by atoms with van der Waals surface area (Å²) in [5.74, 6) is 1.48. The largest absolute Gasteiger partial charge is 0.339 e. The second-order valence-corrected chi connectivity index (χ2v) is 6.62. The maximum Gasteiger partial charge on any atom is 0.227 e. The molecule has 1 saturated heterocycles. The first-order chi connectivity index (χ1) is 8.50. The topological polar surface area (TPSA) is 46.3 Å². The maximum atomic E-state index is 12.8. The smallest absolute Gasteiger partial charge is 0.227 e. The Morgan fingerprint density at radius 2 is 1.83 bits per heavy atom. The first-order valence-electron chi connectivity index (χ1n) is 7.56. The van der Waals surface area contributed by atoms with Gasteiger partial charge in [-0.25, -0.2) is 0 Å². The lowest BCUT2D eigenvalue weighted by molar-refractivity contribution is -0.143. The lowest BCUT2D eigenvalue weighted by Crippen LogP contribution is -2.53. The number of amides is 1. The summed E-state index contributed by atoms with van der Waals surface area (Å²) in [5, 5.41) is 0. The molecule has 1 aliphatic heterocycles. The van der Waals surface area contributed by atoms with Crippen molar-refractivity contribution in [2.45, 2.75) is 65.0 Å². The minimum absolute atomic E-state index is 0.0616. The predicted octanol–water partition coefficient (Wildman–Crippen LogP) is 2.40. The van der Waals surface area contributed by atoms with E-state index in [1.807, 2.05) is 0 Å². The van der Waals surface area contributed by atoms with Crippen LogP contribution < -0.4 is 5.73 Å². The van der Waals surface area contributed by atoms with E-state index in [2.05, 4.69) is 25.7 Å². The number of carbonyl (C=O) groups excluding carboxylic acids is 1. The summed E-state index contributed by atoms with van der Waals surface area (Å²) in [6.07, 6.45) is 5.74. The van der Waals surface area contributed by atoms with Crippen molar-refractivity contribution in [1.82, 2.24) is 4.90 Å². The molecule has 5 atom stereocenters. The summed E-state index contributed by atoms with van der Waals surface area (Å²) < 4.78 is 0. The molecule has 0 aromatic heterocycles. The Kier molecular flexibility index (Phi) is 4.31. The van der Waals surface area contributed by atoms with Crippen molar-refractivity contribution >= 4 is 5.91 Å². The van der Waals surface area contributed by atoms with Crippen LogP contribution in [-0.4, -0.2) is 29.4 Å². The van der Waals surface area contributed by atoms with Gasteiger partial charge in [0.05, 0.1) is 5.92 Å². The van der Waals surface area contributed by atoms with Crippen molar-refractivity contribution in [2.75, 3.05) is 6.54 Å². The Hall–Kier alpha value is -0.570. The fraction of sp³-hybridized carbons (Fsp3) is 0.933. The van der Waals surface area contributed by atoms with Crippen molar-refractivity contribution in [3.8, 4) is 0 Å². The van der Waals surface area contributed by atoms with Gasteiger partial charge in [0, 0.05) is 18.6 Å². The van der Waals surface area contributed by atoms with Crippen LogP contribution in [0.1, 0.15) is 52.9 Å². The number of rotatable bonds is 1. The van der Waals surface area contributed by atoms with Gasteiger partial charge in [-0.2, -0.15) is 0 Å². The van der Waals surface area contributed by atoms with Crippen LogP contribution in [0.25, 0.3) is 0 Å². The van der Waals surface area contributed by atoms with Gasteiger partial charge in [0.1, 0.15) is 0 Å². The van der Waals surface area contributed by atoms with Crippen LogP contribution in [0.3, 0.4) is 0 Å². The lowest BCUT2D eigenvalue weighted by Gasteiger charge is -2.42. The van der Waals surface area contributed by atoms with Crippen LogP contribution in [0.4, 0.5) is 0 Å². The van der Waals surface area contributed by atoms with E-state index in [-0.39, 0.29) is 12.0 Å². The Labute approximate surface area is 111 Å². The van der Waals surface area contributed by atoms with E-state index in [1.54, 1.807) is 0 Å². The van der Waals surface area contributed by atoms with Gasteiger partial charge in [0.25, 0.3) is 0 Å². The molecule has 1 aliphatic carbocycles. The molecule has 3 heteroatoms. The third-order valence-corrected chi connectivity index (χ3v) is 4.96. The van der Waals surface area contributed by atoms with Crippen LogP contribution in [0, 0.1) is 17.8 Å². The molecule has 0 aromatic rings. The van der Waals surface area contributed by atoms with E-state index in [4.69, 9.17) is 5.73 Å². The van der Waals surface area contributed by atoms with Gasteiger partial charge < -0.3 is 10.6 Å². The SMILES string of the molecule is CC1CCC(C)N(C(=O)C2C(C)CCCC2N)C1. The number of carbonyl (C=O) groups is 1. The van der Waals surface area contributed by atoms with Gasteiger partial charge in [-0.1, -0.05) is 20.3 Å². The first-order valence-corrected chi connectivity index (χ1v) is 7.56. The third kappa shape index (κ3) is 2.71. The van der Waals surface area contributed by atoms with Crippen LogP contribution in [0.2, 0.25) is 0 Å². The van der Waals surface area contributed by atoms with Gasteiger partial charge in [-0.3, -0.25) is 4.79 Å². The number of hydrogen-bond acceptors (Lipinski definition) is 2. The highest BCUT2D eigenvalue weighted by Gasteiger charge is 2.39. The van der Waals surface area contributed by atoms with E-state index in [0.717, 1.165) is 25.8 Å². The molecule has 1 heterocycles. The minimum Gasteiger partial charge on any atom is -0.339 e. The molecule has 2 fully saturated rings. The quantitative estimate of drug-likeness (QED) is 0.779. The van der Waals surface area contributed by atoms with Crippen molar-refractivity contribution in [3.05, 3.63) is 0 Å². The second kappa shape index (κ2) is 5.60. The second-order valence-electron chi connectivity index (χ2n) is 6.62. The summed E-state index contributed by atoms with van der Waals surface area (Å²) in [5.41, 5.74) is 6.21. The van der Waals surface area contributed by atoms with Gasteiger partial charge >= 0.3 is 0 Å². The van der Waals surface area contributed by atoms with E-state index in [0.29, 0.717) is 23.8 Å². The number of nitrogens with two attached hydrogens (primary N) is 1. The van der Waals surface area contributed by atoms with Crippen molar-refractivity contribution < 1.29 is 4.79 Å². The van der Waals surface area contributed by atoms with E-state index in [1.165, 1.54) is 12.8 Å². The average molecular weight is 252 g/mol. The summed E-state index contributed by atoms with van der Waals surface area (Å²) in [7, 11) is 0. The Morgan fingerprint density at radius 1 is 1.11 bits per heavy atom. The molecule has 2 N–H and O–H groups in total. The Morgan fingerprint density at radius 3 is 2.50 bits per heavy atom. The van der Waals surface area contributed by atoms with Crippen molar-refractivity contribution in [2.24, 2.45) is 23.5 Å². The lowest BCUT2D eigenvalue weighted by atomic mass is 9.76. The summed E-state index contributed by atoms with van der Waals surface area (Å²) in [6, 6.07) is 0.473. The van der Waals surface area contributed by atoms with Crippen LogP contribution in [0.15, 0.2) is 0 Å². The molecule has 5 unspecified atom stereocenters. The fourth-order valence-electron chi connectivity index (χ4n) is 3.67. The van der Waals surface area contributed by atoms with Gasteiger partial charge in [0.15, 0.2) is 0 Å². The van der Waals surface area contributed by atoms with Crippen LogP contribution in [0.5, 0.6) is 0 Å². The molecule has 2 rings (SSSR count). The molecular formula is C15H28N2O. The first kappa shape index (κ1) is 13.9. The summed E-state index contributed by atoms with van der Waals surface area (Å²) >= 11 is 0. The zero-order valence-electron chi connectivity index (χ0n) is 12.1. The third-order valence-electron chi connectivity index (χ3n) is 4.96. The molecule has 3 nitrogen and oxygen atoms in total. The standard InChI is InChI=1S/C15H28N2O/c1-10-7-8-12(3)17(9-10)15(18)14-11(2)5-4-6-13(14)16/h10-14H,4-9,16H2,1-3H3. The number of piperidine rings is 1. The van der Waals surface area contributed by atoms with Crippen LogP contribution in [-0.2, 0) is 4.79 Å². The van der Waals surface area contributed by atoms with Crippen molar-refractivity contribution in [1.29, 1.82) is 0 Å². The van der Waals surface area contributed by atoms with Gasteiger partial charge in [0.2, 0.25) is 5.91 Å². The van der Waals surface area contributed by atoms with Gasteiger partial charge in [-0.05, 0) is 44.4 Å². The number of hydrogen-bond donors (Lipinski definition) is 1.